The summed E-state index contributed by atoms with van der Waals surface area (Å²) in [5.74, 6) is 1.11. The Morgan fingerprint density at radius 1 is 1.22 bits per heavy atom. The lowest BCUT2D eigenvalue weighted by Crippen LogP contribution is -2.43. The van der Waals surface area contributed by atoms with Crippen LogP contribution in [0.15, 0.2) is 35.3 Å². The fourth-order valence-corrected chi connectivity index (χ4v) is 4.12. The molecule has 2 atom stereocenters. The normalized spacial score (nSPS) is 18.1. The van der Waals surface area contributed by atoms with Crippen LogP contribution < -0.4 is 10.6 Å². The third-order valence-electron chi connectivity index (χ3n) is 6.19. The van der Waals surface area contributed by atoms with Crippen LogP contribution >= 0.6 is 0 Å². The molecule has 32 heavy (non-hydrogen) atoms. The van der Waals surface area contributed by atoms with E-state index in [0.29, 0.717) is 6.04 Å². The summed E-state index contributed by atoms with van der Waals surface area (Å²) in [5, 5.41) is 6.83. The molecule has 1 saturated heterocycles. The van der Waals surface area contributed by atoms with Gasteiger partial charge in [0.15, 0.2) is 5.96 Å². The van der Waals surface area contributed by atoms with Crippen LogP contribution in [0.1, 0.15) is 45.1 Å². The van der Waals surface area contributed by atoms with Crippen molar-refractivity contribution in [1.29, 1.82) is 0 Å². The first-order chi connectivity index (χ1) is 15.4. The second-order valence-electron chi connectivity index (χ2n) is 9.01. The summed E-state index contributed by atoms with van der Waals surface area (Å²) in [7, 11) is 5.87. The predicted molar refractivity (Wildman–Crippen MR) is 134 cm³/mol. The van der Waals surface area contributed by atoms with E-state index < -0.39 is 0 Å². The molecule has 7 heteroatoms. The lowest BCUT2D eigenvalue weighted by molar-refractivity contribution is -0.133. The number of guanidine groups is 1. The number of rotatable bonds is 12. The fraction of sp³-hybridized carbons (Fsp3) is 0.680. The molecule has 1 aliphatic rings. The molecule has 0 aliphatic carbocycles. The van der Waals surface area contributed by atoms with Crippen LogP contribution in [-0.4, -0.2) is 92.5 Å². The maximum atomic E-state index is 12.3. The van der Waals surface area contributed by atoms with Crippen molar-refractivity contribution < 1.29 is 4.79 Å². The SMILES string of the molecule is CCNC(=NCCCN1CCCC1C(=O)N(C)C)NCCC(C)N(C)Cc1ccccc1. The van der Waals surface area contributed by atoms with E-state index in [4.69, 9.17) is 4.99 Å². The number of hydrogen-bond donors (Lipinski definition) is 2. The van der Waals surface area contributed by atoms with E-state index in [1.807, 2.05) is 14.1 Å². The van der Waals surface area contributed by atoms with Crippen LogP contribution in [0.25, 0.3) is 0 Å². The van der Waals surface area contributed by atoms with Gasteiger partial charge in [-0.1, -0.05) is 30.3 Å². The number of hydrogen-bond acceptors (Lipinski definition) is 4. The van der Waals surface area contributed by atoms with Crippen molar-refractivity contribution in [3.8, 4) is 0 Å². The minimum Gasteiger partial charge on any atom is -0.357 e. The summed E-state index contributed by atoms with van der Waals surface area (Å²) in [6, 6.07) is 11.1. The molecule has 0 spiro atoms. The smallest absolute Gasteiger partial charge is 0.239 e. The topological polar surface area (TPSA) is 63.2 Å². The van der Waals surface area contributed by atoms with Crippen LogP contribution in [0.4, 0.5) is 0 Å². The molecule has 1 aromatic carbocycles. The standard InChI is InChI=1S/C25H44N6O/c1-6-26-25(27-16-11-19-31-18-10-14-23(31)24(32)29(3)4)28-17-15-21(2)30(5)20-22-12-8-7-9-13-22/h7-9,12-13,21,23H,6,10-11,14-20H2,1-5H3,(H2,26,27,28). The highest BCUT2D eigenvalue weighted by Gasteiger charge is 2.30. The van der Waals surface area contributed by atoms with Crippen molar-refractivity contribution in [1.82, 2.24) is 25.3 Å². The Labute approximate surface area is 195 Å². The summed E-state index contributed by atoms with van der Waals surface area (Å²) >= 11 is 0. The molecule has 1 fully saturated rings. The zero-order valence-corrected chi connectivity index (χ0v) is 20.8. The molecule has 1 amide bonds. The molecule has 0 radical (unpaired) electrons. The Hall–Kier alpha value is -2.12. The van der Waals surface area contributed by atoms with Gasteiger partial charge in [-0.3, -0.25) is 19.6 Å². The molecule has 2 N–H and O–H groups in total. The van der Waals surface area contributed by atoms with Crippen molar-refractivity contribution in [3.05, 3.63) is 35.9 Å². The lowest BCUT2D eigenvalue weighted by atomic mass is 10.1. The van der Waals surface area contributed by atoms with Crippen molar-refractivity contribution in [2.75, 3.05) is 53.9 Å². The monoisotopic (exact) mass is 444 g/mol. The molecule has 1 aliphatic heterocycles. The Balaban J connectivity index is 1.71. The second-order valence-corrected chi connectivity index (χ2v) is 9.01. The number of nitrogens with one attached hydrogen (secondary N) is 2. The predicted octanol–water partition coefficient (Wildman–Crippen LogP) is 2.39. The van der Waals surface area contributed by atoms with Gasteiger partial charge >= 0.3 is 0 Å². The summed E-state index contributed by atoms with van der Waals surface area (Å²) in [6.07, 6.45) is 4.09. The first kappa shape index (κ1) is 26.1. The average Bonchev–Trinajstić information content (AvgIpc) is 3.25. The van der Waals surface area contributed by atoms with Crippen LogP contribution in [0, 0.1) is 0 Å². The Morgan fingerprint density at radius 3 is 2.66 bits per heavy atom. The van der Waals surface area contributed by atoms with Gasteiger partial charge in [-0.25, -0.2) is 0 Å². The minimum absolute atomic E-state index is 0.0507. The first-order valence-electron chi connectivity index (χ1n) is 12.1. The number of benzene rings is 1. The highest BCUT2D eigenvalue weighted by Crippen LogP contribution is 2.18. The molecule has 7 nitrogen and oxygen atoms in total. The summed E-state index contributed by atoms with van der Waals surface area (Å²) in [5.41, 5.74) is 1.34. The van der Waals surface area contributed by atoms with Crippen molar-refractivity contribution in [3.63, 3.8) is 0 Å². The van der Waals surface area contributed by atoms with Gasteiger partial charge in [0.2, 0.25) is 5.91 Å². The van der Waals surface area contributed by atoms with Gasteiger partial charge in [0, 0.05) is 52.9 Å². The molecule has 2 rings (SSSR count). The van der Waals surface area contributed by atoms with Gasteiger partial charge in [-0.2, -0.15) is 0 Å². The van der Waals surface area contributed by atoms with Gasteiger partial charge in [-0.05, 0) is 58.7 Å². The van der Waals surface area contributed by atoms with Gasteiger partial charge in [0.05, 0.1) is 6.04 Å². The number of nitrogens with zero attached hydrogens (tertiary/aromatic N) is 4. The molecule has 180 valence electrons. The number of aliphatic imine (C=N–C) groups is 1. The van der Waals surface area contributed by atoms with E-state index in [1.54, 1.807) is 4.90 Å². The fourth-order valence-electron chi connectivity index (χ4n) is 4.12. The van der Waals surface area contributed by atoms with E-state index >= 15 is 0 Å². The average molecular weight is 445 g/mol. The van der Waals surface area contributed by atoms with Crippen molar-refractivity contribution >= 4 is 11.9 Å². The zero-order chi connectivity index (χ0) is 23.3. The summed E-state index contributed by atoms with van der Waals surface area (Å²) in [4.78, 5) is 23.5. The highest BCUT2D eigenvalue weighted by molar-refractivity contribution is 5.81. The van der Waals surface area contributed by atoms with Crippen molar-refractivity contribution in [2.45, 2.75) is 58.2 Å². The quantitative estimate of drug-likeness (QED) is 0.294. The molecule has 0 saturated carbocycles. The Kier molecular flexibility index (Phi) is 11.5. The molecule has 0 bridgehead atoms. The number of carbonyl (C=O) groups is 1. The van der Waals surface area contributed by atoms with Crippen LogP contribution in [0.3, 0.4) is 0 Å². The number of amides is 1. The lowest BCUT2D eigenvalue weighted by Gasteiger charge is -2.26. The first-order valence-corrected chi connectivity index (χ1v) is 12.1. The Bertz CT molecular complexity index is 693. The molecular weight excluding hydrogens is 400 g/mol. The van der Waals surface area contributed by atoms with Gasteiger partial charge in [0.1, 0.15) is 0 Å². The summed E-state index contributed by atoms with van der Waals surface area (Å²) < 4.78 is 0. The van der Waals surface area contributed by atoms with E-state index in [1.165, 1.54) is 5.56 Å². The number of likely N-dealkylation sites (N-methyl/N-ethyl adjacent to an activating group) is 1. The van der Waals surface area contributed by atoms with E-state index in [0.717, 1.165) is 70.9 Å². The van der Waals surface area contributed by atoms with Crippen LogP contribution in [0.2, 0.25) is 0 Å². The summed E-state index contributed by atoms with van der Waals surface area (Å²) in [6.45, 7) is 9.76. The maximum Gasteiger partial charge on any atom is 0.239 e. The third-order valence-corrected chi connectivity index (χ3v) is 6.19. The number of likely N-dealkylation sites (tertiary alicyclic amines) is 1. The minimum atomic E-state index is 0.0507. The second kappa shape index (κ2) is 14.1. The maximum absolute atomic E-state index is 12.3. The van der Waals surface area contributed by atoms with Gasteiger partial charge in [0.25, 0.3) is 0 Å². The highest BCUT2D eigenvalue weighted by atomic mass is 16.2. The number of carbonyl (C=O) groups excluding carboxylic acids is 1. The van der Waals surface area contributed by atoms with Crippen LogP contribution in [-0.2, 0) is 11.3 Å². The van der Waals surface area contributed by atoms with E-state index in [-0.39, 0.29) is 11.9 Å². The third kappa shape index (κ3) is 8.79. The molecule has 1 heterocycles. The molecular formula is C25H44N6O. The molecule has 0 aromatic heterocycles. The van der Waals surface area contributed by atoms with Gasteiger partial charge < -0.3 is 15.5 Å². The molecule has 2 unspecified atom stereocenters. The Morgan fingerprint density at radius 2 is 1.97 bits per heavy atom. The zero-order valence-electron chi connectivity index (χ0n) is 20.8. The van der Waals surface area contributed by atoms with Crippen LogP contribution in [0.5, 0.6) is 0 Å². The van der Waals surface area contributed by atoms with E-state index in [2.05, 4.69) is 71.7 Å². The van der Waals surface area contributed by atoms with Crippen molar-refractivity contribution in [2.24, 2.45) is 4.99 Å². The largest absolute Gasteiger partial charge is 0.357 e. The van der Waals surface area contributed by atoms with Gasteiger partial charge in [-0.15, -0.1) is 0 Å². The molecule has 1 aromatic rings. The van der Waals surface area contributed by atoms with E-state index in [9.17, 15) is 4.79 Å².